The highest BCUT2D eigenvalue weighted by atomic mass is 16.5. The summed E-state index contributed by atoms with van der Waals surface area (Å²) < 4.78 is 5.83. The van der Waals surface area contributed by atoms with E-state index in [1.807, 2.05) is 30.3 Å². The van der Waals surface area contributed by atoms with Gasteiger partial charge in [-0.15, -0.1) is 0 Å². The van der Waals surface area contributed by atoms with E-state index in [-0.39, 0.29) is 18.5 Å². The molecule has 0 spiro atoms. The van der Waals surface area contributed by atoms with E-state index in [1.54, 1.807) is 0 Å². The molecule has 0 saturated heterocycles. The number of esters is 1. The van der Waals surface area contributed by atoms with Crippen LogP contribution in [-0.4, -0.2) is 23.8 Å². The molecular formula is C20H29N3O3. The first-order valence-corrected chi connectivity index (χ1v) is 9.23. The Bertz CT molecular complexity index is 643. The van der Waals surface area contributed by atoms with Crippen molar-refractivity contribution in [2.45, 2.75) is 52.6 Å². The van der Waals surface area contributed by atoms with Crippen LogP contribution >= 0.6 is 0 Å². The molecule has 3 N–H and O–H groups in total. The monoisotopic (exact) mass is 359 g/mol. The molecule has 6 heteroatoms. The van der Waals surface area contributed by atoms with Crippen molar-refractivity contribution in [2.75, 3.05) is 0 Å². The predicted octanol–water partition coefficient (Wildman–Crippen LogP) is 3.45. The first-order chi connectivity index (χ1) is 12.4. The Morgan fingerprint density at radius 1 is 1.27 bits per heavy atom. The maximum absolute atomic E-state index is 12.6. The van der Waals surface area contributed by atoms with Gasteiger partial charge in [0.25, 0.3) is 0 Å². The molecule has 2 amide bonds. The molecule has 0 heterocycles. The molecule has 2 rings (SSSR count). The molecule has 0 unspecified atom stereocenters. The highest BCUT2D eigenvalue weighted by Gasteiger charge is 2.33. The first kappa shape index (κ1) is 19.9. The lowest BCUT2D eigenvalue weighted by atomic mass is 9.75. The van der Waals surface area contributed by atoms with Crippen LogP contribution in [-0.2, 0) is 9.53 Å². The summed E-state index contributed by atoms with van der Waals surface area (Å²) in [5, 5.41) is 3.99. The van der Waals surface area contributed by atoms with E-state index in [2.05, 4.69) is 31.3 Å². The van der Waals surface area contributed by atoms with E-state index >= 15 is 0 Å². The lowest BCUT2D eigenvalue weighted by Gasteiger charge is -2.36. The van der Waals surface area contributed by atoms with Gasteiger partial charge < -0.3 is 10.5 Å². The molecule has 0 bridgehead atoms. The lowest BCUT2D eigenvalue weighted by Crippen LogP contribution is -2.36. The summed E-state index contributed by atoms with van der Waals surface area (Å²) in [5.74, 6) is 1.08. The number of benzene rings is 1. The molecule has 6 nitrogen and oxygen atoms in total. The number of carbonyl (C=O) groups excluding carboxylic acids is 2. The van der Waals surface area contributed by atoms with E-state index in [0.717, 1.165) is 18.4 Å². The van der Waals surface area contributed by atoms with Crippen molar-refractivity contribution in [1.82, 2.24) is 5.43 Å². The fraction of sp³-hybridized carbons (Fsp3) is 0.550. The molecule has 1 aromatic carbocycles. The van der Waals surface area contributed by atoms with Crippen LogP contribution in [0.4, 0.5) is 4.79 Å². The summed E-state index contributed by atoms with van der Waals surface area (Å²) in [7, 11) is 0. The van der Waals surface area contributed by atoms with Gasteiger partial charge in [-0.3, -0.25) is 4.79 Å². The van der Waals surface area contributed by atoms with Crippen LogP contribution in [0.1, 0.15) is 52.0 Å². The van der Waals surface area contributed by atoms with Crippen LogP contribution in [0.2, 0.25) is 0 Å². The second kappa shape index (κ2) is 9.36. The highest BCUT2D eigenvalue weighted by Crippen LogP contribution is 2.35. The maximum atomic E-state index is 12.6. The van der Waals surface area contributed by atoms with Gasteiger partial charge in [-0.25, -0.2) is 10.2 Å². The zero-order valence-electron chi connectivity index (χ0n) is 15.8. The number of hydrogen-bond acceptors (Lipinski definition) is 4. The van der Waals surface area contributed by atoms with E-state index in [1.165, 1.54) is 6.42 Å². The average Bonchev–Trinajstić information content (AvgIpc) is 2.59. The number of nitrogens with two attached hydrogens (primary N) is 1. The van der Waals surface area contributed by atoms with Gasteiger partial charge in [0.15, 0.2) is 0 Å². The number of nitrogens with zero attached hydrogens (tertiary/aromatic N) is 1. The molecule has 1 aromatic rings. The number of nitrogens with one attached hydrogen (secondary N) is 1. The summed E-state index contributed by atoms with van der Waals surface area (Å²) in [6.07, 6.45) is 3.08. The molecule has 1 saturated carbocycles. The second-order valence-electron chi connectivity index (χ2n) is 7.43. The Hall–Kier alpha value is -2.37. The van der Waals surface area contributed by atoms with Crippen LogP contribution in [0.3, 0.4) is 0 Å². The summed E-state index contributed by atoms with van der Waals surface area (Å²) in [5.41, 5.74) is 8.47. The Balaban J connectivity index is 2.08. The van der Waals surface area contributed by atoms with Gasteiger partial charge in [0.1, 0.15) is 6.10 Å². The maximum Gasteiger partial charge on any atom is 0.332 e. The molecule has 0 aliphatic heterocycles. The standard InChI is InChI=1S/C20H29N3O3/c1-13(2)16-10-9-14(3)11-18(16)26-19(24)12-17(22-23-20(21)25)15-7-5-4-6-8-15/h4-8,13-14,16,18H,9-12H2,1-3H3,(H3,21,23,25)/b22-17+/t14-,16-,18-/m1/s1. The number of rotatable bonds is 6. The third-order valence-corrected chi connectivity index (χ3v) is 4.96. The van der Waals surface area contributed by atoms with Crippen LogP contribution < -0.4 is 11.2 Å². The molecular weight excluding hydrogens is 330 g/mol. The van der Waals surface area contributed by atoms with Crippen molar-refractivity contribution in [3.05, 3.63) is 35.9 Å². The zero-order valence-corrected chi connectivity index (χ0v) is 15.8. The van der Waals surface area contributed by atoms with E-state index in [4.69, 9.17) is 10.5 Å². The number of carbonyl (C=O) groups is 2. The van der Waals surface area contributed by atoms with Crippen LogP contribution in [0, 0.1) is 17.8 Å². The topological polar surface area (TPSA) is 93.8 Å². The van der Waals surface area contributed by atoms with Gasteiger partial charge in [0.2, 0.25) is 0 Å². The smallest absolute Gasteiger partial charge is 0.332 e. The Kier molecular flexibility index (Phi) is 7.18. The summed E-state index contributed by atoms with van der Waals surface area (Å²) >= 11 is 0. The van der Waals surface area contributed by atoms with E-state index in [0.29, 0.717) is 23.5 Å². The Morgan fingerprint density at radius 3 is 2.58 bits per heavy atom. The zero-order chi connectivity index (χ0) is 19.1. The molecule has 1 fully saturated rings. The van der Waals surface area contributed by atoms with Gasteiger partial charge in [-0.1, -0.05) is 57.5 Å². The largest absolute Gasteiger partial charge is 0.462 e. The number of ether oxygens (including phenoxy) is 1. The minimum absolute atomic E-state index is 0.0139. The fourth-order valence-corrected chi connectivity index (χ4v) is 3.56. The van der Waals surface area contributed by atoms with E-state index < -0.39 is 6.03 Å². The van der Waals surface area contributed by atoms with Gasteiger partial charge in [0.05, 0.1) is 12.1 Å². The van der Waals surface area contributed by atoms with Gasteiger partial charge in [-0.2, -0.15) is 5.10 Å². The third kappa shape index (κ3) is 5.86. The van der Waals surface area contributed by atoms with Crippen molar-refractivity contribution in [3.63, 3.8) is 0 Å². The molecule has 26 heavy (non-hydrogen) atoms. The number of primary amides is 1. The predicted molar refractivity (Wildman–Crippen MR) is 102 cm³/mol. The summed E-state index contributed by atoms with van der Waals surface area (Å²) in [6.45, 7) is 6.55. The molecule has 0 aromatic heterocycles. The fourth-order valence-electron chi connectivity index (χ4n) is 3.56. The molecule has 0 radical (unpaired) electrons. The van der Waals surface area contributed by atoms with Crippen molar-refractivity contribution in [2.24, 2.45) is 28.6 Å². The molecule has 1 aliphatic rings. The first-order valence-electron chi connectivity index (χ1n) is 9.23. The Morgan fingerprint density at radius 2 is 1.96 bits per heavy atom. The second-order valence-corrected chi connectivity index (χ2v) is 7.43. The van der Waals surface area contributed by atoms with Crippen molar-refractivity contribution in [3.8, 4) is 0 Å². The molecule has 1 aliphatic carbocycles. The average molecular weight is 359 g/mol. The number of amides is 2. The van der Waals surface area contributed by atoms with Crippen molar-refractivity contribution in [1.29, 1.82) is 0 Å². The quantitative estimate of drug-likeness (QED) is 0.463. The highest BCUT2D eigenvalue weighted by molar-refractivity contribution is 6.09. The number of hydrogen-bond donors (Lipinski definition) is 2. The van der Waals surface area contributed by atoms with E-state index in [9.17, 15) is 9.59 Å². The minimum Gasteiger partial charge on any atom is -0.462 e. The third-order valence-electron chi connectivity index (χ3n) is 4.96. The van der Waals surface area contributed by atoms with Crippen LogP contribution in [0.5, 0.6) is 0 Å². The number of hydrazone groups is 1. The van der Waals surface area contributed by atoms with Crippen LogP contribution in [0.25, 0.3) is 0 Å². The Labute approximate surface area is 155 Å². The van der Waals surface area contributed by atoms with Crippen LogP contribution in [0.15, 0.2) is 35.4 Å². The minimum atomic E-state index is -0.771. The van der Waals surface area contributed by atoms with Crippen molar-refractivity contribution >= 4 is 17.7 Å². The normalized spacial score (nSPS) is 23.5. The van der Waals surface area contributed by atoms with Gasteiger partial charge in [0, 0.05) is 0 Å². The SMILES string of the molecule is CC(C)[C@H]1CC[C@@H](C)C[C@H]1OC(=O)C/C(=N\NC(N)=O)c1ccccc1. The number of urea groups is 1. The summed E-state index contributed by atoms with van der Waals surface area (Å²) in [4.78, 5) is 23.5. The van der Waals surface area contributed by atoms with Crippen molar-refractivity contribution < 1.29 is 14.3 Å². The molecule has 142 valence electrons. The van der Waals surface area contributed by atoms with Gasteiger partial charge >= 0.3 is 12.0 Å². The lowest BCUT2D eigenvalue weighted by molar-refractivity contribution is -0.154. The molecule has 3 atom stereocenters. The summed E-state index contributed by atoms with van der Waals surface area (Å²) in [6, 6.07) is 8.45. The van der Waals surface area contributed by atoms with Gasteiger partial charge in [-0.05, 0) is 36.2 Å².